The van der Waals surface area contributed by atoms with Gasteiger partial charge in [0.25, 0.3) is 0 Å². The molecule has 1 aliphatic heterocycles. The van der Waals surface area contributed by atoms with Gasteiger partial charge in [0.2, 0.25) is 0 Å². The maximum Gasteiger partial charge on any atom is 0.161 e. The molecular formula is C22H24N10. The summed E-state index contributed by atoms with van der Waals surface area (Å²) in [6.07, 6.45) is 5.19. The zero-order valence-electron chi connectivity index (χ0n) is 17.8. The molecule has 10 heteroatoms. The second-order valence-corrected chi connectivity index (χ2v) is 8.25. The van der Waals surface area contributed by atoms with E-state index in [9.17, 15) is 0 Å². The second-order valence-electron chi connectivity index (χ2n) is 8.25. The second kappa shape index (κ2) is 7.74. The van der Waals surface area contributed by atoms with Gasteiger partial charge in [-0.3, -0.25) is 10.00 Å². The molecular weight excluding hydrogens is 404 g/mol. The van der Waals surface area contributed by atoms with Gasteiger partial charge in [-0.2, -0.15) is 5.10 Å². The molecule has 1 aliphatic rings. The first-order valence-electron chi connectivity index (χ1n) is 10.7. The number of aromatic amines is 3. The van der Waals surface area contributed by atoms with Crippen molar-refractivity contribution in [3.05, 3.63) is 48.5 Å². The molecule has 1 fully saturated rings. The normalized spacial score (nSPS) is 15.7. The molecule has 5 heterocycles. The Balaban J connectivity index is 1.27. The molecule has 5 aromatic rings. The molecule has 4 aromatic heterocycles. The van der Waals surface area contributed by atoms with Crippen LogP contribution in [0.1, 0.15) is 5.56 Å². The number of nitrogens with zero attached hydrogens (tertiary/aromatic N) is 6. The highest BCUT2D eigenvalue weighted by molar-refractivity contribution is 5.90. The molecule has 6 rings (SSSR count). The van der Waals surface area contributed by atoms with Gasteiger partial charge in [0, 0.05) is 45.1 Å². The van der Waals surface area contributed by atoms with Crippen molar-refractivity contribution in [1.29, 1.82) is 0 Å². The number of nitrogens with one attached hydrogen (secondary N) is 4. The van der Waals surface area contributed by atoms with Gasteiger partial charge >= 0.3 is 0 Å². The van der Waals surface area contributed by atoms with E-state index in [1.165, 1.54) is 11.9 Å². The average Bonchev–Trinajstić information content (AvgIpc) is 3.54. The number of H-pyrrole nitrogens is 3. The lowest BCUT2D eigenvalue weighted by Crippen LogP contribution is -2.43. The number of fused-ring (bicyclic) bond motifs is 2. The number of likely N-dealkylation sites (N-methyl/N-ethyl adjacent to an activating group) is 1. The summed E-state index contributed by atoms with van der Waals surface area (Å²) in [6.45, 7) is 5.37. The van der Waals surface area contributed by atoms with Crippen molar-refractivity contribution in [2.75, 3.05) is 38.5 Å². The number of anilines is 2. The fourth-order valence-electron chi connectivity index (χ4n) is 4.19. The summed E-state index contributed by atoms with van der Waals surface area (Å²) in [5.74, 6) is 1.42. The highest BCUT2D eigenvalue weighted by atomic mass is 15.2. The first-order valence-corrected chi connectivity index (χ1v) is 10.7. The number of rotatable bonds is 5. The van der Waals surface area contributed by atoms with E-state index in [4.69, 9.17) is 4.98 Å². The molecule has 0 saturated carbocycles. The zero-order valence-corrected chi connectivity index (χ0v) is 17.8. The van der Waals surface area contributed by atoms with Gasteiger partial charge in [0.15, 0.2) is 11.5 Å². The summed E-state index contributed by atoms with van der Waals surface area (Å²) in [4.78, 5) is 24.8. The number of aromatic nitrogens is 7. The highest BCUT2D eigenvalue weighted by Crippen LogP contribution is 2.29. The maximum atomic E-state index is 4.83. The summed E-state index contributed by atoms with van der Waals surface area (Å²) in [6, 6.07) is 8.39. The molecule has 32 heavy (non-hydrogen) atoms. The van der Waals surface area contributed by atoms with Crippen LogP contribution in [0.5, 0.6) is 0 Å². The molecule has 0 aliphatic carbocycles. The minimum absolute atomic E-state index is 0.708. The Morgan fingerprint density at radius 1 is 1.09 bits per heavy atom. The van der Waals surface area contributed by atoms with Crippen LogP contribution < -0.4 is 5.32 Å². The number of hydrogen-bond donors (Lipinski definition) is 4. The van der Waals surface area contributed by atoms with Crippen LogP contribution in [0, 0.1) is 0 Å². The van der Waals surface area contributed by atoms with Gasteiger partial charge in [-0.1, -0.05) is 6.07 Å². The van der Waals surface area contributed by atoms with Crippen molar-refractivity contribution >= 4 is 33.6 Å². The van der Waals surface area contributed by atoms with E-state index < -0.39 is 0 Å². The summed E-state index contributed by atoms with van der Waals surface area (Å²) in [7, 11) is 2.18. The lowest BCUT2D eigenvalue weighted by Gasteiger charge is -2.32. The third-order valence-corrected chi connectivity index (χ3v) is 6.02. The van der Waals surface area contributed by atoms with Crippen molar-refractivity contribution in [2.24, 2.45) is 0 Å². The van der Waals surface area contributed by atoms with Crippen LogP contribution in [0.25, 0.3) is 33.6 Å². The van der Waals surface area contributed by atoms with Crippen LogP contribution in [-0.4, -0.2) is 78.1 Å². The molecule has 10 nitrogen and oxygen atoms in total. The summed E-state index contributed by atoms with van der Waals surface area (Å²) >= 11 is 0. The molecule has 0 spiro atoms. The van der Waals surface area contributed by atoms with Gasteiger partial charge in [0.05, 0.1) is 22.1 Å². The van der Waals surface area contributed by atoms with Gasteiger partial charge in [-0.15, -0.1) is 0 Å². The molecule has 1 aromatic carbocycles. The SMILES string of the molecule is CN1CCN(Cc2ccc3[nH]c(-c4n[nH]cc4Nc4ncnc5[nH]ccc45)nc3c2)CC1. The average molecular weight is 429 g/mol. The molecule has 4 N–H and O–H groups in total. The quantitative estimate of drug-likeness (QED) is 0.340. The van der Waals surface area contributed by atoms with Crippen molar-refractivity contribution in [2.45, 2.75) is 6.54 Å². The lowest BCUT2D eigenvalue weighted by atomic mass is 10.1. The topological polar surface area (TPSA) is 117 Å². The fourth-order valence-corrected chi connectivity index (χ4v) is 4.19. The smallest absolute Gasteiger partial charge is 0.161 e. The molecule has 0 atom stereocenters. The van der Waals surface area contributed by atoms with E-state index in [-0.39, 0.29) is 0 Å². The lowest BCUT2D eigenvalue weighted by molar-refractivity contribution is 0.148. The van der Waals surface area contributed by atoms with E-state index in [0.717, 1.165) is 60.5 Å². The first-order chi connectivity index (χ1) is 15.7. The van der Waals surface area contributed by atoms with Crippen molar-refractivity contribution in [1.82, 2.24) is 44.9 Å². The molecule has 0 radical (unpaired) electrons. The van der Waals surface area contributed by atoms with Crippen LogP contribution in [0.2, 0.25) is 0 Å². The van der Waals surface area contributed by atoms with Crippen LogP contribution in [-0.2, 0) is 6.54 Å². The molecule has 0 amide bonds. The maximum absolute atomic E-state index is 4.83. The minimum atomic E-state index is 0.708. The van der Waals surface area contributed by atoms with E-state index in [1.54, 1.807) is 0 Å². The van der Waals surface area contributed by atoms with Crippen molar-refractivity contribution < 1.29 is 0 Å². The Bertz CT molecular complexity index is 1370. The zero-order chi connectivity index (χ0) is 21.5. The van der Waals surface area contributed by atoms with Crippen LogP contribution >= 0.6 is 0 Å². The Hall–Kier alpha value is -3.76. The monoisotopic (exact) mass is 428 g/mol. The Labute approximate surface area is 184 Å². The number of benzene rings is 1. The summed E-state index contributed by atoms with van der Waals surface area (Å²) < 4.78 is 0. The summed E-state index contributed by atoms with van der Waals surface area (Å²) in [5.41, 5.74) is 5.49. The largest absolute Gasteiger partial charge is 0.346 e. The molecule has 0 unspecified atom stereocenters. The highest BCUT2D eigenvalue weighted by Gasteiger charge is 2.17. The van der Waals surface area contributed by atoms with E-state index in [2.05, 4.69) is 70.5 Å². The fraction of sp³-hybridized carbons (Fsp3) is 0.273. The van der Waals surface area contributed by atoms with Crippen LogP contribution in [0.3, 0.4) is 0 Å². The predicted octanol–water partition coefficient (Wildman–Crippen LogP) is 2.72. The Kier molecular flexibility index (Phi) is 4.58. The minimum Gasteiger partial charge on any atom is -0.346 e. The van der Waals surface area contributed by atoms with Crippen molar-refractivity contribution in [3.8, 4) is 11.5 Å². The van der Waals surface area contributed by atoms with E-state index >= 15 is 0 Å². The van der Waals surface area contributed by atoms with Crippen LogP contribution in [0.4, 0.5) is 11.5 Å². The first kappa shape index (κ1) is 19.0. The third kappa shape index (κ3) is 3.49. The van der Waals surface area contributed by atoms with Gasteiger partial charge in [-0.05, 0) is 30.8 Å². The van der Waals surface area contributed by atoms with E-state index in [1.807, 2.05) is 18.5 Å². The van der Waals surface area contributed by atoms with Crippen LogP contribution in [0.15, 0.2) is 43.0 Å². The van der Waals surface area contributed by atoms with Gasteiger partial charge < -0.3 is 20.2 Å². The number of hydrogen-bond acceptors (Lipinski definition) is 7. The number of imidazole rings is 1. The molecule has 162 valence electrons. The van der Waals surface area contributed by atoms with Gasteiger partial charge in [-0.25, -0.2) is 15.0 Å². The Morgan fingerprint density at radius 3 is 2.91 bits per heavy atom. The van der Waals surface area contributed by atoms with Crippen molar-refractivity contribution in [3.63, 3.8) is 0 Å². The number of piperazine rings is 1. The third-order valence-electron chi connectivity index (χ3n) is 6.02. The van der Waals surface area contributed by atoms with E-state index in [0.29, 0.717) is 17.3 Å². The Morgan fingerprint density at radius 2 is 2.00 bits per heavy atom. The predicted molar refractivity (Wildman–Crippen MR) is 124 cm³/mol. The molecule has 0 bridgehead atoms. The molecule has 1 saturated heterocycles. The summed E-state index contributed by atoms with van der Waals surface area (Å²) in [5, 5.41) is 11.6. The standard InChI is InChI=1S/C22H24N10/c1-31-6-8-32(9-7-31)12-14-2-3-16-17(10-14)28-22(27-16)19-18(11-26-30-19)29-21-15-4-5-23-20(15)24-13-25-21/h2-5,10-11,13H,6-9,12H2,1H3,(H,26,30)(H,27,28)(H2,23,24,25,29). The van der Waals surface area contributed by atoms with Gasteiger partial charge in [0.1, 0.15) is 17.8 Å².